The molecule has 0 unspecified atom stereocenters. The third-order valence-electron chi connectivity index (χ3n) is 3.45. The third-order valence-corrected chi connectivity index (χ3v) is 3.45. The van der Waals surface area contributed by atoms with Crippen molar-refractivity contribution in [2.75, 3.05) is 6.54 Å². The Morgan fingerprint density at radius 3 is 2.32 bits per heavy atom. The van der Waals surface area contributed by atoms with Gasteiger partial charge in [-0.05, 0) is 41.3 Å². The van der Waals surface area contributed by atoms with Gasteiger partial charge in [0.2, 0.25) is 5.91 Å². The first-order valence-corrected chi connectivity index (χ1v) is 7.76. The van der Waals surface area contributed by atoms with Crippen LogP contribution in [-0.2, 0) is 17.8 Å². The Hall–Kier alpha value is -2.73. The number of amides is 1. The van der Waals surface area contributed by atoms with Gasteiger partial charge in [0.25, 0.3) is 0 Å². The molecule has 0 radical (unpaired) electrons. The smallest absolute Gasteiger partial charge is 0.387 e. The van der Waals surface area contributed by atoms with Gasteiger partial charge < -0.3 is 15.2 Å². The fourth-order valence-electron chi connectivity index (χ4n) is 2.13. The molecule has 2 aromatic rings. The first kappa shape index (κ1) is 18.6. The number of aliphatic hydroxyl groups excluding tert-OH is 1. The third kappa shape index (κ3) is 6.73. The molecule has 132 valence electrons. The summed E-state index contributed by atoms with van der Waals surface area (Å²) in [6.45, 7) is -2.35. The maximum atomic E-state index is 12.1. The van der Waals surface area contributed by atoms with E-state index < -0.39 is 6.61 Å². The van der Waals surface area contributed by atoms with E-state index in [1.165, 1.54) is 18.2 Å². The number of benzene rings is 2. The van der Waals surface area contributed by atoms with Crippen LogP contribution in [0.15, 0.2) is 54.6 Å². The Labute approximate surface area is 144 Å². The number of hydrogen-bond acceptors (Lipinski definition) is 3. The van der Waals surface area contributed by atoms with Crippen molar-refractivity contribution in [2.45, 2.75) is 19.6 Å². The van der Waals surface area contributed by atoms with Crippen molar-refractivity contribution in [1.82, 2.24) is 5.32 Å². The first-order chi connectivity index (χ1) is 12.1. The fourth-order valence-corrected chi connectivity index (χ4v) is 2.13. The Bertz CT molecular complexity index is 698. The van der Waals surface area contributed by atoms with Gasteiger partial charge in [0, 0.05) is 12.6 Å². The minimum absolute atomic E-state index is 0.0110. The van der Waals surface area contributed by atoms with E-state index in [0.717, 1.165) is 11.1 Å². The summed E-state index contributed by atoms with van der Waals surface area (Å²) in [5, 5.41) is 11.7. The number of halogens is 2. The lowest BCUT2D eigenvalue weighted by Gasteiger charge is -2.04. The van der Waals surface area contributed by atoms with Crippen molar-refractivity contribution in [2.24, 2.45) is 0 Å². The molecule has 1 amide bonds. The summed E-state index contributed by atoms with van der Waals surface area (Å²) in [5.41, 5.74) is 2.62. The second kappa shape index (κ2) is 9.54. The van der Waals surface area contributed by atoms with Gasteiger partial charge >= 0.3 is 6.61 Å². The van der Waals surface area contributed by atoms with Crippen LogP contribution < -0.4 is 10.1 Å². The van der Waals surface area contributed by atoms with Crippen molar-refractivity contribution in [3.8, 4) is 5.75 Å². The molecule has 0 aliphatic carbocycles. The number of hydrogen-bond donors (Lipinski definition) is 2. The van der Waals surface area contributed by atoms with Gasteiger partial charge in [0.1, 0.15) is 5.75 Å². The number of carbonyl (C=O) groups excluding carboxylic acids is 1. The number of carbonyl (C=O) groups is 1. The molecule has 0 aliphatic rings. The second-order valence-electron chi connectivity index (χ2n) is 5.30. The number of alkyl halides is 2. The SMILES string of the molecule is O=C(/C=C/c1ccc(OC(F)F)cc1)NCCc1ccc(CO)cc1. The molecule has 0 heterocycles. The quantitative estimate of drug-likeness (QED) is 0.721. The molecule has 4 nitrogen and oxygen atoms in total. The van der Waals surface area contributed by atoms with E-state index in [1.807, 2.05) is 24.3 Å². The predicted molar refractivity (Wildman–Crippen MR) is 91.2 cm³/mol. The molecule has 2 N–H and O–H groups in total. The Kier molecular flexibility index (Phi) is 7.10. The van der Waals surface area contributed by atoms with Crippen molar-refractivity contribution in [1.29, 1.82) is 0 Å². The minimum Gasteiger partial charge on any atom is -0.435 e. The predicted octanol–water partition coefficient (Wildman–Crippen LogP) is 3.15. The van der Waals surface area contributed by atoms with Gasteiger partial charge in [-0.25, -0.2) is 0 Å². The van der Waals surface area contributed by atoms with Crippen LogP contribution in [0.4, 0.5) is 8.78 Å². The molecular weight excluding hydrogens is 328 g/mol. The van der Waals surface area contributed by atoms with E-state index in [0.29, 0.717) is 18.5 Å². The maximum Gasteiger partial charge on any atom is 0.387 e. The molecule has 0 aliphatic heterocycles. The van der Waals surface area contributed by atoms with Gasteiger partial charge in [-0.15, -0.1) is 0 Å². The summed E-state index contributed by atoms with van der Waals surface area (Å²) < 4.78 is 28.4. The van der Waals surface area contributed by atoms with E-state index in [1.54, 1.807) is 18.2 Å². The number of rotatable bonds is 8. The number of aliphatic hydroxyl groups is 1. The molecule has 0 saturated carbocycles. The molecule has 0 saturated heterocycles. The molecular formula is C19H19F2NO3. The Balaban J connectivity index is 1.76. The van der Waals surface area contributed by atoms with Gasteiger partial charge in [-0.2, -0.15) is 8.78 Å². The Morgan fingerprint density at radius 2 is 1.72 bits per heavy atom. The van der Waals surface area contributed by atoms with Crippen molar-refractivity contribution < 1.29 is 23.4 Å². The first-order valence-electron chi connectivity index (χ1n) is 7.76. The van der Waals surface area contributed by atoms with E-state index in [-0.39, 0.29) is 18.3 Å². The van der Waals surface area contributed by atoms with Crippen LogP contribution in [0.25, 0.3) is 6.08 Å². The van der Waals surface area contributed by atoms with Crippen LogP contribution in [0.5, 0.6) is 5.75 Å². The molecule has 0 atom stereocenters. The monoisotopic (exact) mass is 347 g/mol. The van der Waals surface area contributed by atoms with E-state index in [2.05, 4.69) is 10.1 Å². The van der Waals surface area contributed by atoms with Crippen LogP contribution in [0.3, 0.4) is 0 Å². The molecule has 0 bridgehead atoms. The van der Waals surface area contributed by atoms with Gasteiger partial charge in [0.15, 0.2) is 0 Å². The average molecular weight is 347 g/mol. The van der Waals surface area contributed by atoms with Gasteiger partial charge in [-0.1, -0.05) is 36.4 Å². The molecule has 25 heavy (non-hydrogen) atoms. The van der Waals surface area contributed by atoms with Crippen LogP contribution in [0.1, 0.15) is 16.7 Å². The van der Waals surface area contributed by atoms with Crippen molar-refractivity contribution >= 4 is 12.0 Å². The average Bonchev–Trinajstić information content (AvgIpc) is 2.61. The summed E-state index contributed by atoms with van der Waals surface area (Å²) in [4.78, 5) is 11.8. The lowest BCUT2D eigenvalue weighted by Crippen LogP contribution is -2.23. The van der Waals surface area contributed by atoms with Crippen LogP contribution in [-0.4, -0.2) is 24.2 Å². The highest BCUT2D eigenvalue weighted by atomic mass is 19.3. The highest BCUT2D eigenvalue weighted by Gasteiger charge is 2.03. The summed E-state index contributed by atoms with van der Waals surface area (Å²) in [6.07, 6.45) is 3.67. The van der Waals surface area contributed by atoms with Crippen LogP contribution in [0, 0.1) is 0 Å². The summed E-state index contributed by atoms with van der Waals surface area (Å²) >= 11 is 0. The zero-order valence-corrected chi connectivity index (χ0v) is 13.5. The number of ether oxygens (including phenoxy) is 1. The van der Waals surface area contributed by atoms with Crippen LogP contribution >= 0.6 is 0 Å². The molecule has 0 aromatic heterocycles. The molecule has 2 rings (SSSR count). The minimum atomic E-state index is -2.85. The highest BCUT2D eigenvalue weighted by Crippen LogP contribution is 2.15. The molecule has 0 fully saturated rings. The maximum absolute atomic E-state index is 12.1. The summed E-state index contributed by atoms with van der Waals surface area (Å²) in [5.74, 6) is -0.163. The molecule has 2 aromatic carbocycles. The summed E-state index contributed by atoms with van der Waals surface area (Å²) in [6, 6.07) is 13.5. The fraction of sp³-hybridized carbons (Fsp3) is 0.211. The standard InChI is InChI=1S/C19H19F2NO3/c20-19(21)25-17-8-5-14(6-9-17)7-10-18(24)22-12-11-15-1-3-16(13-23)4-2-15/h1-10,19,23H,11-13H2,(H,22,24)/b10-7+. The van der Waals surface area contributed by atoms with Gasteiger partial charge in [-0.3, -0.25) is 4.79 Å². The van der Waals surface area contributed by atoms with E-state index in [4.69, 9.17) is 5.11 Å². The van der Waals surface area contributed by atoms with E-state index in [9.17, 15) is 13.6 Å². The second-order valence-corrected chi connectivity index (χ2v) is 5.30. The largest absolute Gasteiger partial charge is 0.435 e. The number of nitrogens with one attached hydrogen (secondary N) is 1. The topological polar surface area (TPSA) is 58.6 Å². The highest BCUT2D eigenvalue weighted by molar-refractivity contribution is 5.91. The lowest BCUT2D eigenvalue weighted by atomic mass is 10.1. The summed E-state index contributed by atoms with van der Waals surface area (Å²) in [7, 11) is 0. The lowest BCUT2D eigenvalue weighted by molar-refractivity contribution is -0.116. The zero-order valence-electron chi connectivity index (χ0n) is 13.5. The van der Waals surface area contributed by atoms with Crippen molar-refractivity contribution in [3.05, 3.63) is 71.3 Å². The van der Waals surface area contributed by atoms with Crippen LogP contribution in [0.2, 0.25) is 0 Å². The normalized spacial score (nSPS) is 11.0. The van der Waals surface area contributed by atoms with E-state index >= 15 is 0 Å². The molecule has 0 spiro atoms. The Morgan fingerprint density at radius 1 is 1.08 bits per heavy atom. The van der Waals surface area contributed by atoms with Crippen molar-refractivity contribution in [3.63, 3.8) is 0 Å². The van der Waals surface area contributed by atoms with Gasteiger partial charge in [0.05, 0.1) is 6.61 Å². The molecule has 6 heteroatoms. The zero-order chi connectivity index (χ0) is 18.1.